The lowest BCUT2D eigenvalue weighted by atomic mass is 9.88. The van der Waals surface area contributed by atoms with Crippen LogP contribution in [0.1, 0.15) is 29.6 Å². The minimum Gasteiger partial charge on any atom is -0.481 e. The highest BCUT2D eigenvalue weighted by molar-refractivity contribution is 7.59. The SMILES string of the molecule is O=C(O)[C@@H]1CCC[C@H]1C(=O)c1ccc(-c2ccc(Nc3nc4c(F)cc(F)cc4s3)cc2)cc1.S.S. The Morgan fingerprint density at radius 3 is 2.17 bits per heavy atom. The summed E-state index contributed by atoms with van der Waals surface area (Å²) in [5, 5.41) is 12.9. The van der Waals surface area contributed by atoms with Gasteiger partial charge in [-0.2, -0.15) is 27.0 Å². The number of rotatable bonds is 6. The highest BCUT2D eigenvalue weighted by atomic mass is 32.1. The van der Waals surface area contributed by atoms with Gasteiger partial charge in [0.2, 0.25) is 0 Å². The summed E-state index contributed by atoms with van der Waals surface area (Å²) in [4.78, 5) is 28.4. The van der Waals surface area contributed by atoms with Gasteiger partial charge in [-0.3, -0.25) is 9.59 Å². The van der Waals surface area contributed by atoms with E-state index in [-0.39, 0.29) is 38.3 Å². The Morgan fingerprint density at radius 1 is 0.917 bits per heavy atom. The number of thiazole rings is 1. The largest absolute Gasteiger partial charge is 0.481 e. The summed E-state index contributed by atoms with van der Waals surface area (Å²) in [6.45, 7) is 0. The summed E-state index contributed by atoms with van der Waals surface area (Å²) in [5.74, 6) is -3.39. The van der Waals surface area contributed by atoms with Crippen molar-refractivity contribution in [3.8, 4) is 11.1 Å². The molecule has 0 amide bonds. The minimum absolute atomic E-state index is 0. The van der Waals surface area contributed by atoms with Gasteiger partial charge in [-0.25, -0.2) is 13.8 Å². The van der Waals surface area contributed by atoms with Crippen molar-refractivity contribution in [3.63, 3.8) is 0 Å². The van der Waals surface area contributed by atoms with Crippen LogP contribution in [0.3, 0.4) is 0 Å². The summed E-state index contributed by atoms with van der Waals surface area (Å²) in [6.07, 6.45) is 1.92. The first-order chi connectivity index (χ1) is 16.4. The zero-order chi connectivity index (χ0) is 23.8. The number of nitrogens with one attached hydrogen (secondary N) is 1. The highest BCUT2D eigenvalue weighted by Crippen LogP contribution is 2.35. The number of ketones is 1. The maximum absolute atomic E-state index is 13.9. The minimum atomic E-state index is -0.899. The molecule has 0 spiro atoms. The third-order valence-electron chi connectivity index (χ3n) is 6.22. The van der Waals surface area contributed by atoms with Crippen molar-refractivity contribution in [2.24, 2.45) is 11.8 Å². The van der Waals surface area contributed by atoms with Crippen molar-refractivity contribution >= 4 is 71.1 Å². The summed E-state index contributed by atoms with van der Waals surface area (Å²) in [7, 11) is 0. The zero-order valence-electron chi connectivity index (χ0n) is 18.9. The van der Waals surface area contributed by atoms with Crippen LogP contribution in [0.15, 0.2) is 60.7 Å². The fourth-order valence-corrected chi connectivity index (χ4v) is 5.42. The van der Waals surface area contributed by atoms with Crippen LogP contribution >= 0.6 is 38.3 Å². The average molecular weight is 547 g/mol. The molecule has 1 saturated carbocycles. The lowest BCUT2D eigenvalue weighted by Gasteiger charge is -2.14. The average Bonchev–Trinajstić information content (AvgIpc) is 3.47. The molecule has 5 nitrogen and oxygen atoms in total. The predicted octanol–water partition coefficient (Wildman–Crippen LogP) is 6.89. The molecule has 0 saturated heterocycles. The van der Waals surface area contributed by atoms with Crippen molar-refractivity contribution in [2.75, 3.05) is 5.32 Å². The molecule has 0 aliphatic heterocycles. The smallest absolute Gasteiger partial charge is 0.307 e. The predicted molar refractivity (Wildman–Crippen MR) is 148 cm³/mol. The summed E-state index contributed by atoms with van der Waals surface area (Å²) >= 11 is 1.17. The lowest BCUT2D eigenvalue weighted by Crippen LogP contribution is -2.25. The van der Waals surface area contributed by atoms with Crippen molar-refractivity contribution in [2.45, 2.75) is 19.3 Å². The molecule has 188 valence electrons. The maximum atomic E-state index is 13.9. The molecule has 1 fully saturated rings. The summed E-state index contributed by atoms with van der Waals surface area (Å²) in [6, 6.07) is 16.8. The molecule has 36 heavy (non-hydrogen) atoms. The van der Waals surface area contributed by atoms with Gasteiger partial charge in [0, 0.05) is 23.2 Å². The first kappa shape index (κ1) is 27.6. The van der Waals surface area contributed by atoms with E-state index >= 15 is 0 Å². The first-order valence-corrected chi connectivity index (χ1v) is 11.7. The number of aliphatic carboxylic acids is 1. The molecular weight excluding hydrogens is 522 g/mol. The van der Waals surface area contributed by atoms with Crippen LogP contribution in [-0.4, -0.2) is 21.8 Å². The van der Waals surface area contributed by atoms with Gasteiger partial charge < -0.3 is 10.4 Å². The van der Waals surface area contributed by atoms with Crippen LogP contribution in [0.25, 0.3) is 21.3 Å². The second-order valence-electron chi connectivity index (χ2n) is 8.38. The number of halogens is 2. The molecule has 1 aliphatic rings. The van der Waals surface area contributed by atoms with Gasteiger partial charge in [0.05, 0.1) is 10.6 Å². The van der Waals surface area contributed by atoms with E-state index in [1.807, 2.05) is 36.4 Å². The molecule has 3 aromatic carbocycles. The Labute approximate surface area is 224 Å². The molecule has 2 atom stereocenters. The molecule has 4 aromatic rings. The second kappa shape index (κ2) is 11.4. The van der Waals surface area contributed by atoms with E-state index in [1.54, 1.807) is 12.1 Å². The molecule has 2 N–H and O–H groups in total. The summed E-state index contributed by atoms with van der Waals surface area (Å²) < 4.78 is 27.7. The van der Waals surface area contributed by atoms with E-state index in [0.29, 0.717) is 28.2 Å². The van der Waals surface area contributed by atoms with Crippen LogP contribution in [0, 0.1) is 23.5 Å². The number of Topliss-reactive ketones (excluding diaryl/α,β-unsaturated/α-hetero) is 1. The second-order valence-corrected chi connectivity index (χ2v) is 9.41. The lowest BCUT2D eigenvalue weighted by molar-refractivity contribution is -0.142. The highest BCUT2D eigenvalue weighted by Gasteiger charge is 2.37. The maximum Gasteiger partial charge on any atom is 0.307 e. The number of aromatic nitrogens is 1. The molecule has 10 heteroatoms. The summed E-state index contributed by atoms with van der Waals surface area (Å²) in [5.41, 5.74) is 3.26. The Hall–Kier alpha value is -2.95. The van der Waals surface area contributed by atoms with Crippen molar-refractivity contribution in [1.82, 2.24) is 4.98 Å². The fourth-order valence-electron chi connectivity index (χ4n) is 4.49. The van der Waals surface area contributed by atoms with Crippen molar-refractivity contribution < 1.29 is 23.5 Å². The van der Waals surface area contributed by atoms with E-state index in [0.717, 1.165) is 29.3 Å². The molecule has 1 aromatic heterocycles. The number of benzene rings is 3. The van der Waals surface area contributed by atoms with E-state index in [2.05, 4.69) is 10.3 Å². The number of anilines is 2. The fraction of sp³-hybridized carbons (Fsp3) is 0.192. The van der Waals surface area contributed by atoms with Gasteiger partial charge in [0.25, 0.3) is 0 Å². The molecule has 0 unspecified atom stereocenters. The van der Waals surface area contributed by atoms with E-state index in [1.165, 1.54) is 17.4 Å². The Balaban J connectivity index is 0.00000180. The molecule has 1 heterocycles. The molecule has 0 bridgehead atoms. The number of hydrogen-bond donors (Lipinski definition) is 2. The van der Waals surface area contributed by atoms with Crippen LogP contribution in [0.5, 0.6) is 0 Å². The number of carbonyl (C=O) groups excluding carboxylic acids is 1. The number of carboxylic acids is 1. The van der Waals surface area contributed by atoms with Gasteiger partial charge in [0.1, 0.15) is 11.3 Å². The molecule has 0 radical (unpaired) electrons. The standard InChI is InChI=1S/C26H20F2N2O3S.2H2S/c27-17-12-21(28)23-22(13-17)34-26(30-23)29-18-10-8-15(9-11-18)14-4-6-16(7-5-14)24(31)19-2-1-3-20(19)25(32)33;;/h4-13,19-20H,1-3H2,(H,29,30)(H,32,33);2*1H2/t19-,20-;;/m1../s1. The normalized spacial score (nSPS) is 16.7. The molecule has 1 aliphatic carbocycles. The van der Waals surface area contributed by atoms with Gasteiger partial charge in [-0.1, -0.05) is 54.2 Å². The van der Waals surface area contributed by atoms with Gasteiger partial charge in [-0.05, 0) is 42.2 Å². The topological polar surface area (TPSA) is 79.3 Å². The van der Waals surface area contributed by atoms with Crippen LogP contribution < -0.4 is 5.32 Å². The van der Waals surface area contributed by atoms with Crippen LogP contribution in [0.4, 0.5) is 19.6 Å². The number of carbonyl (C=O) groups is 2. The van der Waals surface area contributed by atoms with E-state index in [4.69, 9.17) is 0 Å². The van der Waals surface area contributed by atoms with Crippen LogP contribution in [0.2, 0.25) is 0 Å². The Morgan fingerprint density at radius 2 is 1.53 bits per heavy atom. The Bertz CT molecular complexity index is 1390. The monoisotopic (exact) mass is 546 g/mol. The van der Waals surface area contributed by atoms with E-state index < -0.39 is 29.4 Å². The zero-order valence-corrected chi connectivity index (χ0v) is 21.7. The molecule has 5 rings (SSSR count). The van der Waals surface area contributed by atoms with Crippen molar-refractivity contribution in [1.29, 1.82) is 0 Å². The quantitative estimate of drug-likeness (QED) is 0.257. The first-order valence-electron chi connectivity index (χ1n) is 10.9. The van der Waals surface area contributed by atoms with Gasteiger partial charge >= 0.3 is 5.97 Å². The number of fused-ring (bicyclic) bond motifs is 1. The molecular formula is C26H24F2N2O3S3. The Kier molecular flexibility index (Phi) is 8.76. The van der Waals surface area contributed by atoms with Gasteiger partial charge in [-0.15, -0.1) is 0 Å². The number of carboxylic acid groups (broad SMARTS) is 1. The van der Waals surface area contributed by atoms with Crippen LogP contribution in [-0.2, 0) is 4.79 Å². The van der Waals surface area contributed by atoms with Crippen molar-refractivity contribution in [3.05, 3.63) is 77.9 Å². The third kappa shape index (κ3) is 5.55. The third-order valence-corrected chi connectivity index (χ3v) is 7.14. The van der Waals surface area contributed by atoms with Gasteiger partial charge in [0.15, 0.2) is 16.7 Å². The van der Waals surface area contributed by atoms with E-state index in [9.17, 15) is 23.5 Å². The number of hydrogen-bond acceptors (Lipinski definition) is 5. The number of nitrogens with zero attached hydrogens (tertiary/aromatic N) is 1.